The summed E-state index contributed by atoms with van der Waals surface area (Å²) >= 11 is 0. The van der Waals surface area contributed by atoms with E-state index in [1.807, 2.05) is 13.8 Å². The minimum absolute atomic E-state index is 0.248. The Morgan fingerprint density at radius 1 is 1.56 bits per heavy atom. The molecule has 0 spiro atoms. The van der Waals surface area contributed by atoms with Crippen LogP contribution < -0.4 is 5.32 Å². The van der Waals surface area contributed by atoms with E-state index in [0.29, 0.717) is 6.42 Å². The Morgan fingerprint density at radius 3 is 2.67 bits per heavy atom. The Bertz CT molecular complexity index is 420. The van der Waals surface area contributed by atoms with Crippen molar-refractivity contribution in [1.29, 1.82) is 0 Å². The van der Waals surface area contributed by atoms with Gasteiger partial charge in [0.2, 0.25) is 0 Å². The molecule has 1 amide bonds. The summed E-state index contributed by atoms with van der Waals surface area (Å²) in [5, 5.41) is 15.5. The number of rotatable bonds is 6. The number of aryl methyl sites for hydroxylation is 2. The lowest BCUT2D eigenvalue weighted by atomic mass is 10.1. The first-order chi connectivity index (χ1) is 8.45. The molecule has 0 aliphatic carbocycles. The van der Waals surface area contributed by atoms with Gasteiger partial charge in [0.05, 0.1) is 0 Å². The van der Waals surface area contributed by atoms with E-state index in [9.17, 15) is 9.59 Å². The fraction of sp³-hybridized carbons (Fsp3) is 0.583. The second-order valence-corrected chi connectivity index (χ2v) is 4.30. The smallest absolute Gasteiger partial charge is 0.326 e. The number of amides is 1. The van der Waals surface area contributed by atoms with Crippen LogP contribution in [0.25, 0.3) is 0 Å². The van der Waals surface area contributed by atoms with Crippen LogP contribution in [0, 0.1) is 6.92 Å². The Morgan fingerprint density at radius 2 is 2.22 bits per heavy atom. The van der Waals surface area contributed by atoms with E-state index in [4.69, 9.17) is 5.11 Å². The molecule has 0 radical (unpaired) electrons. The van der Waals surface area contributed by atoms with Crippen LogP contribution >= 0.6 is 0 Å². The van der Waals surface area contributed by atoms with Crippen LogP contribution in [0.1, 0.15) is 42.4 Å². The zero-order valence-corrected chi connectivity index (χ0v) is 10.9. The number of carbonyl (C=O) groups excluding carboxylic acids is 1. The lowest BCUT2D eigenvalue weighted by Crippen LogP contribution is -2.40. The highest BCUT2D eigenvalue weighted by atomic mass is 16.4. The van der Waals surface area contributed by atoms with Gasteiger partial charge >= 0.3 is 5.97 Å². The minimum Gasteiger partial charge on any atom is -0.480 e. The summed E-state index contributed by atoms with van der Waals surface area (Å²) in [6, 6.07) is 0.786. The molecule has 0 aliphatic heterocycles. The first kappa shape index (κ1) is 14.2. The molecule has 0 unspecified atom stereocenters. The van der Waals surface area contributed by atoms with Crippen LogP contribution in [0.15, 0.2) is 6.07 Å². The van der Waals surface area contributed by atoms with Crippen molar-refractivity contribution in [2.75, 3.05) is 0 Å². The van der Waals surface area contributed by atoms with Crippen molar-refractivity contribution in [3.05, 3.63) is 17.5 Å². The molecule has 0 saturated carbocycles. The zero-order chi connectivity index (χ0) is 13.7. The number of nitrogens with one attached hydrogen (secondary N) is 1. The molecular weight excluding hydrogens is 234 g/mol. The highest BCUT2D eigenvalue weighted by molar-refractivity contribution is 5.95. The van der Waals surface area contributed by atoms with Crippen molar-refractivity contribution in [2.24, 2.45) is 7.05 Å². The van der Waals surface area contributed by atoms with Gasteiger partial charge in [0.25, 0.3) is 5.91 Å². The third kappa shape index (κ3) is 3.58. The number of nitrogens with zero attached hydrogens (tertiary/aromatic N) is 2. The van der Waals surface area contributed by atoms with E-state index >= 15 is 0 Å². The molecule has 100 valence electrons. The summed E-state index contributed by atoms with van der Waals surface area (Å²) in [6.45, 7) is 3.80. The fourth-order valence-electron chi connectivity index (χ4n) is 1.57. The summed E-state index contributed by atoms with van der Waals surface area (Å²) in [6.07, 6.45) is 2.09. The molecule has 6 nitrogen and oxygen atoms in total. The van der Waals surface area contributed by atoms with Gasteiger partial charge in [0, 0.05) is 12.7 Å². The van der Waals surface area contributed by atoms with Gasteiger partial charge in [-0.3, -0.25) is 9.48 Å². The number of carbonyl (C=O) groups is 2. The number of carboxylic acids is 1. The van der Waals surface area contributed by atoms with Crippen LogP contribution in [0.5, 0.6) is 0 Å². The van der Waals surface area contributed by atoms with Crippen LogP contribution in [0.2, 0.25) is 0 Å². The van der Waals surface area contributed by atoms with Crippen molar-refractivity contribution >= 4 is 11.9 Å². The number of aliphatic carboxylic acids is 1. The first-order valence-corrected chi connectivity index (χ1v) is 6.00. The average molecular weight is 253 g/mol. The third-order valence-electron chi connectivity index (χ3n) is 2.80. The van der Waals surface area contributed by atoms with Gasteiger partial charge in [0.15, 0.2) is 0 Å². The molecule has 0 fully saturated rings. The fourth-order valence-corrected chi connectivity index (χ4v) is 1.57. The Balaban J connectivity index is 2.69. The predicted octanol–water partition coefficient (Wildman–Crippen LogP) is 1.10. The Kier molecular flexibility index (Phi) is 4.88. The Labute approximate surface area is 106 Å². The average Bonchev–Trinajstić information content (AvgIpc) is 2.64. The summed E-state index contributed by atoms with van der Waals surface area (Å²) in [5.41, 5.74) is 1.10. The van der Waals surface area contributed by atoms with E-state index in [1.54, 1.807) is 17.8 Å². The molecule has 0 bridgehead atoms. The molecule has 1 aromatic rings. The molecule has 0 aromatic carbocycles. The monoisotopic (exact) mass is 253 g/mol. The third-order valence-corrected chi connectivity index (χ3v) is 2.80. The van der Waals surface area contributed by atoms with Gasteiger partial charge in [-0.1, -0.05) is 19.8 Å². The topological polar surface area (TPSA) is 84.2 Å². The van der Waals surface area contributed by atoms with E-state index < -0.39 is 17.9 Å². The largest absolute Gasteiger partial charge is 0.480 e. The maximum absolute atomic E-state index is 11.8. The predicted molar refractivity (Wildman–Crippen MR) is 66.4 cm³/mol. The van der Waals surface area contributed by atoms with Crippen LogP contribution in [-0.4, -0.2) is 32.8 Å². The molecule has 0 saturated heterocycles. The number of hydrogen-bond acceptors (Lipinski definition) is 3. The second kappa shape index (κ2) is 6.18. The number of carboxylic acid groups (broad SMARTS) is 1. The first-order valence-electron chi connectivity index (χ1n) is 6.00. The van der Waals surface area contributed by atoms with Crippen molar-refractivity contribution in [3.63, 3.8) is 0 Å². The number of unbranched alkanes of at least 4 members (excludes halogenated alkanes) is 1. The Hall–Kier alpha value is -1.85. The minimum atomic E-state index is -1.01. The van der Waals surface area contributed by atoms with Crippen molar-refractivity contribution < 1.29 is 14.7 Å². The molecule has 1 rings (SSSR count). The molecule has 0 aliphatic rings. The highest BCUT2D eigenvalue weighted by Crippen LogP contribution is 2.05. The van der Waals surface area contributed by atoms with Gasteiger partial charge in [-0.2, -0.15) is 5.10 Å². The molecule has 1 heterocycles. The standard InChI is InChI=1S/C12H19N3O3/c1-4-5-6-9(12(17)18)13-11(16)10-7-8(2)15(3)14-10/h7,9H,4-6H2,1-3H3,(H,13,16)(H,17,18)/t9-/m0/s1. The number of aromatic nitrogens is 2. The van der Waals surface area contributed by atoms with Crippen molar-refractivity contribution in [3.8, 4) is 0 Å². The second-order valence-electron chi connectivity index (χ2n) is 4.30. The maximum atomic E-state index is 11.8. The summed E-state index contributed by atoms with van der Waals surface area (Å²) < 4.78 is 1.58. The summed E-state index contributed by atoms with van der Waals surface area (Å²) in [7, 11) is 1.73. The molecule has 1 atom stereocenters. The van der Waals surface area contributed by atoms with E-state index in [0.717, 1.165) is 18.5 Å². The molecule has 18 heavy (non-hydrogen) atoms. The van der Waals surface area contributed by atoms with Crippen LogP contribution in [0.3, 0.4) is 0 Å². The van der Waals surface area contributed by atoms with Crippen molar-refractivity contribution in [1.82, 2.24) is 15.1 Å². The van der Waals surface area contributed by atoms with E-state index in [2.05, 4.69) is 10.4 Å². The van der Waals surface area contributed by atoms with Crippen LogP contribution in [-0.2, 0) is 11.8 Å². The molecule has 6 heteroatoms. The van der Waals surface area contributed by atoms with E-state index in [-0.39, 0.29) is 5.69 Å². The SMILES string of the molecule is CCCC[C@H](NC(=O)c1cc(C)n(C)n1)C(=O)O. The highest BCUT2D eigenvalue weighted by Gasteiger charge is 2.21. The molecule has 1 aromatic heterocycles. The number of hydrogen-bond donors (Lipinski definition) is 2. The maximum Gasteiger partial charge on any atom is 0.326 e. The van der Waals surface area contributed by atoms with Crippen LogP contribution in [0.4, 0.5) is 0 Å². The zero-order valence-electron chi connectivity index (χ0n) is 10.9. The van der Waals surface area contributed by atoms with Gasteiger partial charge in [-0.05, 0) is 19.4 Å². The summed E-state index contributed by atoms with van der Waals surface area (Å²) in [4.78, 5) is 22.8. The van der Waals surface area contributed by atoms with Gasteiger partial charge in [-0.15, -0.1) is 0 Å². The quantitative estimate of drug-likeness (QED) is 0.795. The lowest BCUT2D eigenvalue weighted by molar-refractivity contribution is -0.139. The van der Waals surface area contributed by atoms with Crippen molar-refractivity contribution in [2.45, 2.75) is 39.2 Å². The van der Waals surface area contributed by atoms with E-state index in [1.165, 1.54) is 0 Å². The van der Waals surface area contributed by atoms with Gasteiger partial charge < -0.3 is 10.4 Å². The normalized spacial score (nSPS) is 12.2. The van der Waals surface area contributed by atoms with Gasteiger partial charge in [-0.25, -0.2) is 4.79 Å². The molecular formula is C12H19N3O3. The molecule has 2 N–H and O–H groups in total. The lowest BCUT2D eigenvalue weighted by Gasteiger charge is -2.12. The summed E-state index contributed by atoms with van der Waals surface area (Å²) in [5.74, 6) is -1.45. The van der Waals surface area contributed by atoms with Gasteiger partial charge in [0.1, 0.15) is 11.7 Å².